The van der Waals surface area contributed by atoms with Crippen LogP contribution < -0.4 is 20.1 Å². The lowest BCUT2D eigenvalue weighted by Crippen LogP contribution is -2.23. The number of halogens is 1. The largest absolute Gasteiger partial charge is 0.454 e. The molecule has 27 heavy (non-hydrogen) atoms. The normalized spacial score (nSPS) is 11.9. The number of anilines is 2. The Morgan fingerprint density at radius 3 is 2.81 bits per heavy atom. The monoisotopic (exact) mass is 381 g/mol. The average Bonchev–Trinajstić information content (AvgIpc) is 3.14. The highest BCUT2D eigenvalue weighted by Crippen LogP contribution is 2.32. The molecule has 0 fully saturated rings. The van der Waals surface area contributed by atoms with Crippen LogP contribution >= 0.6 is 11.6 Å². The van der Waals surface area contributed by atoms with E-state index in [1.54, 1.807) is 24.4 Å². The maximum absolute atomic E-state index is 12.5. The Bertz CT molecular complexity index is 994. The smallest absolute Gasteiger partial charge is 0.253 e. The molecular formula is C20H16ClN3O3. The summed E-state index contributed by atoms with van der Waals surface area (Å²) in [5.74, 6) is 1.19. The van der Waals surface area contributed by atoms with Crippen LogP contribution in [0, 0.1) is 0 Å². The van der Waals surface area contributed by atoms with E-state index < -0.39 is 0 Å². The van der Waals surface area contributed by atoms with E-state index >= 15 is 0 Å². The summed E-state index contributed by atoms with van der Waals surface area (Å²) in [5, 5.41) is 6.70. The summed E-state index contributed by atoms with van der Waals surface area (Å²) in [6.07, 6.45) is 3.17. The number of nitrogens with one attached hydrogen (secondary N) is 2. The van der Waals surface area contributed by atoms with Crippen LogP contribution in [-0.2, 0) is 6.54 Å². The Labute approximate surface area is 161 Å². The van der Waals surface area contributed by atoms with Gasteiger partial charge in [0, 0.05) is 23.5 Å². The van der Waals surface area contributed by atoms with Gasteiger partial charge in [0.25, 0.3) is 5.91 Å². The van der Waals surface area contributed by atoms with Crippen molar-refractivity contribution in [2.45, 2.75) is 6.54 Å². The second-order valence-electron chi connectivity index (χ2n) is 5.97. The standard InChI is InChI=1S/C20H16ClN3O3/c21-15-2-1-3-16(8-15)24-17-7-14(10-22-11-17)20(25)23-9-13-4-5-18-19(6-13)27-12-26-18/h1-8,10-11,24H,9,12H2,(H,23,25). The first-order valence-electron chi connectivity index (χ1n) is 8.32. The Morgan fingerprint density at radius 2 is 1.93 bits per heavy atom. The number of pyridine rings is 1. The van der Waals surface area contributed by atoms with E-state index in [-0.39, 0.29) is 12.7 Å². The third-order valence-electron chi connectivity index (χ3n) is 4.00. The number of carbonyl (C=O) groups excluding carboxylic acids is 1. The second-order valence-corrected chi connectivity index (χ2v) is 6.40. The number of hydrogen-bond donors (Lipinski definition) is 2. The number of ether oxygens (including phenoxy) is 2. The maximum atomic E-state index is 12.5. The summed E-state index contributed by atoms with van der Waals surface area (Å²) >= 11 is 5.99. The van der Waals surface area contributed by atoms with Crippen molar-refractivity contribution in [1.82, 2.24) is 10.3 Å². The summed E-state index contributed by atoms with van der Waals surface area (Å²) in [5.41, 5.74) is 2.91. The molecule has 1 aliphatic rings. The topological polar surface area (TPSA) is 72.5 Å². The second kappa shape index (κ2) is 7.55. The van der Waals surface area contributed by atoms with Crippen LogP contribution in [0.3, 0.4) is 0 Å². The summed E-state index contributed by atoms with van der Waals surface area (Å²) in [7, 11) is 0. The Morgan fingerprint density at radius 1 is 1.04 bits per heavy atom. The number of amides is 1. The SMILES string of the molecule is O=C(NCc1ccc2c(c1)OCO2)c1cncc(Nc2cccc(Cl)c2)c1. The van der Waals surface area contributed by atoms with Crippen molar-refractivity contribution in [2.75, 3.05) is 12.1 Å². The first kappa shape index (κ1) is 17.2. The zero-order valence-corrected chi connectivity index (χ0v) is 15.0. The molecule has 4 rings (SSSR count). The van der Waals surface area contributed by atoms with Gasteiger partial charge in [-0.1, -0.05) is 23.7 Å². The molecule has 1 aromatic heterocycles. The third-order valence-corrected chi connectivity index (χ3v) is 4.24. The van der Waals surface area contributed by atoms with Crippen molar-refractivity contribution in [3.63, 3.8) is 0 Å². The number of benzene rings is 2. The molecule has 1 amide bonds. The fourth-order valence-electron chi connectivity index (χ4n) is 2.70. The Balaban J connectivity index is 1.41. The summed E-state index contributed by atoms with van der Waals surface area (Å²) < 4.78 is 10.6. The number of hydrogen-bond acceptors (Lipinski definition) is 5. The van der Waals surface area contributed by atoms with E-state index in [2.05, 4.69) is 15.6 Å². The van der Waals surface area contributed by atoms with Gasteiger partial charge in [0.05, 0.1) is 17.4 Å². The molecule has 0 bridgehead atoms. The highest BCUT2D eigenvalue weighted by Gasteiger charge is 2.14. The lowest BCUT2D eigenvalue weighted by Gasteiger charge is -2.09. The number of fused-ring (bicyclic) bond motifs is 1. The van der Waals surface area contributed by atoms with Gasteiger partial charge in [-0.2, -0.15) is 0 Å². The van der Waals surface area contributed by atoms with Crippen molar-refractivity contribution in [3.05, 3.63) is 77.1 Å². The van der Waals surface area contributed by atoms with Gasteiger partial charge in [0.1, 0.15) is 0 Å². The Hall–Kier alpha value is -3.25. The molecule has 2 heterocycles. The van der Waals surface area contributed by atoms with Gasteiger partial charge in [-0.25, -0.2) is 0 Å². The molecule has 0 saturated heterocycles. The van der Waals surface area contributed by atoms with Gasteiger partial charge in [0.2, 0.25) is 6.79 Å². The molecule has 0 saturated carbocycles. The predicted molar refractivity (Wildman–Crippen MR) is 103 cm³/mol. The molecule has 7 heteroatoms. The molecule has 0 radical (unpaired) electrons. The van der Waals surface area contributed by atoms with E-state index in [0.717, 1.165) is 11.3 Å². The molecule has 0 spiro atoms. The van der Waals surface area contributed by atoms with Crippen molar-refractivity contribution >= 4 is 28.9 Å². The minimum Gasteiger partial charge on any atom is -0.454 e. The van der Waals surface area contributed by atoms with Gasteiger partial charge in [0.15, 0.2) is 11.5 Å². The predicted octanol–water partition coefficient (Wildman–Crippen LogP) is 4.14. The molecular weight excluding hydrogens is 366 g/mol. The van der Waals surface area contributed by atoms with Gasteiger partial charge in [-0.15, -0.1) is 0 Å². The van der Waals surface area contributed by atoms with Gasteiger partial charge in [-0.05, 0) is 42.0 Å². The number of nitrogens with zero attached hydrogens (tertiary/aromatic N) is 1. The van der Waals surface area contributed by atoms with E-state index in [1.165, 1.54) is 6.20 Å². The van der Waals surface area contributed by atoms with E-state index in [9.17, 15) is 4.79 Å². The van der Waals surface area contributed by atoms with Crippen LogP contribution in [-0.4, -0.2) is 17.7 Å². The van der Waals surface area contributed by atoms with Crippen molar-refractivity contribution in [2.24, 2.45) is 0 Å². The summed E-state index contributed by atoms with van der Waals surface area (Å²) in [6.45, 7) is 0.602. The third kappa shape index (κ3) is 4.12. The zero-order chi connectivity index (χ0) is 18.6. The number of aromatic nitrogens is 1. The minimum absolute atomic E-state index is 0.213. The van der Waals surface area contributed by atoms with Crippen molar-refractivity contribution in [1.29, 1.82) is 0 Å². The van der Waals surface area contributed by atoms with Gasteiger partial charge < -0.3 is 20.1 Å². The lowest BCUT2D eigenvalue weighted by molar-refractivity contribution is 0.0950. The molecule has 136 valence electrons. The molecule has 6 nitrogen and oxygen atoms in total. The van der Waals surface area contributed by atoms with E-state index in [1.807, 2.05) is 30.3 Å². The first-order chi connectivity index (χ1) is 13.2. The molecule has 1 aliphatic heterocycles. The van der Waals surface area contributed by atoms with Crippen molar-refractivity contribution < 1.29 is 14.3 Å². The van der Waals surface area contributed by atoms with Crippen LogP contribution in [0.2, 0.25) is 5.02 Å². The molecule has 3 aromatic rings. The van der Waals surface area contributed by atoms with Crippen LogP contribution in [0.1, 0.15) is 15.9 Å². The highest BCUT2D eigenvalue weighted by atomic mass is 35.5. The van der Waals surface area contributed by atoms with Crippen LogP contribution in [0.4, 0.5) is 11.4 Å². The minimum atomic E-state index is -0.213. The van der Waals surface area contributed by atoms with Crippen molar-refractivity contribution in [3.8, 4) is 11.5 Å². The maximum Gasteiger partial charge on any atom is 0.253 e. The van der Waals surface area contributed by atoms with Gasteiger partial charge in [-0.3, -0.25) is 9.78 Å². The first-order valence-corrected chi connectivity index (χ1v) is 8.69. The fourth-order valence-corrected chi connectivity index (χ4v) is 2.89. The van der Waals surface area contributed by atoms with E-state index in [0.29, 0.717) is 34.3 Å². The molecule has 0 unspecified atom stereocenters. The highest BCUT2D eigenvalue weighted by molar-refractivity contribution is 6.30. The molecule has 2 aromatic carbocycles. The summed E-state index contributed by atoms with van der Waals surface area (Å²) in [4.78, 5) is 16.6. The molecule has 0 atom stereocenters. The molecule has 2 N–H and O–H groups in total. The fraction of sp³-hybridized carbons (Fsp3) is 0.100. The van der Waals surface area contributed by atoms with Gasteiger partial charge >= 0.3 is 0 Å². The number of rotatable bonds is 5. The van der Waals surface area contributed by atoms with Crippen LogP contribution in [0.15, 0.2) is 60.9 Å². The van der Waals surface area contributed by atoms with Crippen LogP contribution in [0.25, 0.3) is 0 Å². The zero-order valence-electron chi connectivity index (χ0n) is 14.2. The lowest BCUT2D eigenvalue weighted by atomic mass is 10.2. The number of carbonyl (C=O) groups is 1. The summed E-state index contributed by atoms with van der Waals surface area (Å²) in [6, 6.07) is 14.7. The average molecular weight is 382 g/mol. The molecule has 0 aliphatic carbocycles. The van der Waals surface area contributed by atoms with Crippen LogP contribution in [0.5, 0.6) is 11.5 Å². The van der Waals surface area contributed by atoms with E-state index in [4.69, 9.17) is 21.1 Å². The quantitative estimate of drug-likeness (QED) is 0.695. The Kier molecular flexibility index (Phi) is 4.80.